The molecule has 2 amide bonds. The van der Waals surface area contributed by atoms with Crippen molar-refractivity contribution in [3.63, 3.8) is 0 Å². The molecule has 0 fully saturated rings. The van der Waals surface area contributed by atoms with Crippen LogP contribution >= 0.6 is 23.4 Å². The number of nitrogens with zero attached hydrogens (tertiary/aromatic N) is 1. The fourth-order valence-corrected chi connectivity index (χ4v) is 2.81. The Morgan fingerprint density at radius 1 is 1.42 bits per heavy atom. The van der Waals surface area contributed by atoms with Gasteiger partial charge >= 0.3 is 12.0 Å². The molecule has 3 N–H and O–H groups in total. The lowest BCUT2D eigenvalue weighted by molar-refractivity contribution is -0.147. The number of esters is 1. The first-order valence-electron chi connectivity index (χ1n) is 7.27. The molecule has 2 aromatic rings. The highest BCUT2D eigenvalue weighted by molar-refractivity contribution is 7.98. The minimum Gasteiger partial charge on any atom is -0.459 e. The highest BCUT2D eigenvalue weighted by Crippen LogP contribution is 2.21. The maximum Gasteiger partial charge on any atom is 0.329 e. The number of aromatic nitrogens is 1. The topological polar surface area (TPSA) is 94.3 Å². The number of hydrogen-bond donors (Lipinski definition) is 2. The maximum atomic E-state index is 12.2. The predicted molar refractivity (Wildman–Crippen MR) is 96.1 cm³/mol. The van der Waals surface area contributed by atoms with Gasteiger partial charge in [-0.15, -0.1) is 0 Å². The second-order valence-electron chi connectivity index (χ2n) is 5.08. The van der Waals surface area contributed by atoms with E-state index in [1.165, 1.54) is 0 Å². The second kappa shape index (κ2) is 8.75. The fourth-order valence-electron chi connectivity index (χ4n) is 2.14. The molecule has 0 aliphatic carbocycles. The number of carbonyl (C=O) groups excluding carboxylic acids is 2. The Morgan fingerprint density at radius 2 is 2.17 bits per heavy atom. The van der Waals surface area contributed by atoms with Crippen molar-refractivity contribution in [3.05, 3.63) is 41.0 Å². The van der Waals surface area contributed by atoms with Gasteiger partial charge < -0.3 is 15.8 Å². The molecular weight excluding hydrogens is 350 g/mol. The third-order valence-electron chi connectivity index (χ3n) is 3.33. The smallest absolute Gasteiger partial charge is 0.329 e. The van der Waals surface area contributed by atoms with Gasteiger partial charge in [0.1, 0.15) is 17.8 Å². The van der Waals surface area contributed by atoms with Crippen LogP contribution in [-0.4, -0.2) is 35.0 Å². The van der Waals surface area contributed by atoms with E-state index < -0.39 is 18.0 Å². The summed E-state index contributed by atoms with van der Waals surface area (Å²) >= 11 is 7.70. The van der Waals surface area contributed by atoms with E-state index in [2.05, 4.69) is 10.3 Å². The van der Waals surface area contributed by atoms with E-state index in [9.17, 15) is 9.59 Å². The number of thioether (sulfide) groups is 1. The first kappa shape index (κ1) is 18.4. The monoisotopic (exact) mass is 367 g/mol. The van der Waals surface area contributed by atoms with Gasteiger partial charge in [0.05, 0.1) is 5.52 Å². The quantitative estimate of drug-likeness (QED) is 0.579. The van der Waals surface area contributed by atoms with Crippen LogP contribution in [0.15, 0.2) is 30.3 Å². The molecule has 0 unspecified atom stereocenters. The normalized spacial score (nSPS) is 11.9. The van der Waals surface area contributed by atoms with Gasteiger partial charge in [-0.2, -0.15) is 11.8 Å². The molecule has 0 aliphatic rings. The molecule has 0 radical (unpaired) electrons. The molecule has 0 saturated carbocycles. The van der Waals surface area contributed by atoms with Crippen LogP contribution in [0.5, 0.6) is 0 Å². The molecule has 1 atom stereocenters. The van der Waals surface area contributed by atoms with Crippen LogP contribution in [-0.2, 0) is 16.1 Å². The van der Waals surface area contributed by atoms with Gasteiger partial charge in [0.25, 0.3) is 0 Å². The number of nitrogens with one attached hydrogen (secondary N) is 1. The van der Waals surface area contributed by atoms with Gasteiger partial charge in [-0.3, -0.25) is 0 Å². The zero-order chi connectivity index (χ0) is 17.5. The lowest BCUT2D eigenvalue weighted by Gasteiger charge is -2.16. The third kappa shape index (κ3) is 5.01. The van der Waals surface area contributed by atoms with E-state index in [4.69, 9.17) is 22.1 Å². The zero-order valence-electron chi connectivity index (χ0n) is 13.1. The second-order valence-corrected chi connectivity index (χ2v) is 6.42. The van der Waals surface area contributed by atoms with Gasteiger partial charge in [0.15, 0.2) is 0 Å². The minimum atomic E-state index is -0.776. The van der Waals surface area contributed by atoms with Crippen molar-refractivity contribution in [1.82, 2.24) is 10.3 Å². The van der Waals surface area contributed by atoms with Gasteiger partial charge in [-0.1, -0.05) is 29.8 Å². The number of rotatable bonds is 7. The molecule has 0 aliphatic heterocycles. The van der Waals surface area contributed by atoms with Crippen molar-refractivity contribution in [2.24, 2.45) is 5.73 Å². The first-order chi connectivity index (χ1) is 11.5. The van der Waals surface area contributed by atoms with E-state index in [-0.39, 0.29) is 11.8 Å². The highest BCUT2D eigenvalue weighted by Gasteiger charge is 2.21. The molecule has 128 valence electrons. The largest absolute Gasteiger partial charge is 0.459 e. The van der Waals surface area contributed by atoms with Crippen molar-refractivity contribution in [2.75, 3.05) is 12.0 Å². The molecule has 0 saturated heterocycles. The van der Waals surface area contributed by atoms with Crippen LogP contribution in [0.1, 0.15) is 12.0 Å². The summed E-state index contributed by atoms with van der Waals surface area (Å²) in [5.41, 5.74) is 6.47. The Balaban J connectivity index is 2.06. The molecule has 0 spiro atoms. The average Bonchev–Trinajstić information content (AvgIpc) is 2.56. The summed E-state index contributed by atoms with van der Waals surface area (Å²) in [7, 11) is 0. The number of urea groups is 1. The number of nitrogens with two attached hydrogens (primary N) is 1. The van der Waals surface area contributed by atoms with Crippen molar-refractivity contribution in [1.29, 1.82) is 0 Å². The molecule has 24 heavy (non-hydrogen) atoms. The first-order valence-corrected chi connectivity index (χ1v) is 9.04. The molecule has 1 aromatic carbocycles. The van der Waals surface area contributed by atoms with Crippen LogP contribution in [0.2, 0.25) is 5.15 Å². The SMILES string of the molecule is CSCC[C@H](NC(N)=O)C(=O)OCc1cc2ccccc2nc1Cl. The molecular formula is C16H18ClN3O3S. The third-order valence-corrected chi connectivity index (χ3v) is 4.30. The van der Waals surface area contributed by atoms with E-state index in [1.807, 2.05) is 36.6 Å². The summed E-state index contributed by atoms with van der Waals surface area (Å²) in [6.07, 6.45) is 2.35. The summed E-state index contributed by atoms with van der Waals surface area (Å²) in [5.74, 6) is 0.144. The molecule has 2 rings (SSSR count). The maximum absolute atomic E-state index is 12.2. The van der Waals surface area contributed by atoms with Gasteiger partial charge in [-0.05, 0) is 30.6 Å². The standard InChI is InChI=1S/C16H18ClN3O3S/c1-24-7-6-13(20-16(18)22)15(21)23-9-11-8-10-4-2-3-5-12(10)19-14(11)17/h2-5,8,13H,6-7,9H2,1H3,(H3,18,20,22)/t13-/m0/s1. The lowest BCUT2D eigenvalue weighted by atomic mass is 10.1. The number of fused-ring (bicyclic) bond motifs is 1. The number of primary amides is 1. The summed E-state index contributed by atoms with van der Waals surface area (Å²) in [4.78, 5) is 27.5. The Bertz CT molecular complexity index is 742. The summed E-state index contributed by atoms with van der Waals surface area (Å²) in [5, 5.41) is 3.58. The van der Waals surface area contributed by atoms with E-state index in [0.29, 0.717) is 17.7 Å². The lowest BCUT2D eigenvalue weighted by Crippen LogP contribution is -2.44. The summed E-state index contributed by atoms with van der Waals surface area (Å²) in [6.45, 7) is -0.0221. The number of ether oxygens (including phenoxy) is 1. The zero-order valence-corrected chi connectivity index (χ0v) is 14.7. The van der Waals surface area contributed by atoms with Crippen LogP contribution in [0.25, 0.3) is 10.9 Å². The Hall–Kier alpha value is -1.99. The number of halogens is 1. The molecule has 1 aromatic heterocycles. The average molecular weight is 368 g/mol. The number of carbonyl (C=O) groups is 2. The van der Waals surface area contributed by atoms with Crippen molar-refractivity contribution in [2.45, 2.75) is 19.1 Å². The minimum absolute atomic E-state index is 0.0221. The number of hydrogen-bond acceptors (Lipinski definition) is 5. The van der Waals surface area contributed by atoms with Crippen molar-refractivity contribution in [3.8, 4) is 0 Å². The van der Waals surface area contributed by atoms with Gasteiger partial charge in [0, 0.05) is 10.9 Å². The van der Waals surface area contributed by atoms with Gasteiger partial charge in [-0.25, -0.2) is 14.6 Å². The van der Waals surface area contributed by atoms with Crippen LogP contribution in [0.3, 0.4) is 0 Å². The number of amides is 2. The van der Waals surface area contributed by atoms with E-state index in [1.54, 1.807) is 11.8 Å². The molecule has 1 heterocycles. The Kier molecular flexibility index (Phi) is 6.69. The van der Waals surface area contributed by atoms with Gasteiger partial charge in [0.2, 0.25) is 0 Å². The fraction of sp³-hybridized carbons (Fsp3) is 0.312. The van der Waals surface area contributed by atoms with Crippen molar-refractivity contribution >= 4 is 46.3 Å². The van der Waals surface area contributed by atoms with E-state index >= 15 is 0 Å². The number of para-hydroxylation sites is 1. The molecule has 0 bridgehead atoms. The van der Waals surface area contributed by atoms with Crippen molar-refractivity contribution < 1.29 is 14.3 Å². The van der Waals surface area contributed by atoms with Crippen LogP contribution in [0.4, 0.5) is 4.79 Å². The molecule has 8 heteroatoms. The Labute approximate surface area is 149 Å². The number of pyridine rings is 1. The van der Waals surface area contributed by atoms with E-state index in [0.717, 1.165) is 10.9 Å². The Morgan fingerprint density at radius 3 is 2.88 bits per heavy atom. The highest BCUT2D eigenvalue weighted by atomic mass is 35.5. The number of benzene rings is 1. The summed E-state index contributed by atoms with van der Waals surface area (Å²) < 4.78 is 5.27. The summed E-state index contributed by atoms with van der Waals surface area (Å²) in [6, 6.07) is 7.81. The predicted octanol–water partition coefficient (Wildman–Crippen LogP) is 2.72. The molecule has 6 nitrogen and oxygen atoms in total. The van der Waals surface area contributed by atoms with Crippen LogP contribution < -0.4 is 11.1 Å². The van der Waals surface area contributed by atoms with Crippen LogP contribution in [0, 0.1) is 0 Å².